The maximum atomic E-state index is 12.1. The quantitative estimate of drug-likeness (QED) is 0.772. The van der Waals surface area contributed by atoms with E-state index < -0.39 is 0 Å². The van der Waals surface area contributed by atoms with E-state index in [2.05, 4.69) is 35.1 Å². The van der Waals surface area contributed by atoms with Crippen LogP contribution in [0.3, 0.4) is 0 Å². The zero-order chi connectivity index (χ0) is 13.5. The first-order valence-electron chi connectivity index (χ1n) is 6.61. The third-order valence-electron chi connectivity index (χ3n) is 3.06. The molecule has 2 nitrogen and oxygen atoms in total. The lowest BCUT2D eigenvalue weighted by Gasteiger charge is -2.15. The first kappa shape index (κ1) is 15.2. The van der Waals surface area contributed by atoms with Crippen molar-refractivity contribution in [1.82, 2.24) is 5.32 Å². The summed E-state index contributed by atoms with van der Waals surface area (Å²) in [7, 11) is 0. The number of carbonyl (C=O) groups excluding carboxylic acids is 1. The molecule has 0 fully saturated rings. The summed E-state index contributed by atoms with van der Waals surface area (Å²) in [5, 5.41) is 3.06. The molecule has 0 aliphatic carbocycles. The lowest BCUT2D eigenvalue weighted by Crippen LogP contribution is -2.32. The van der Waals surface area contributed by atoms with Gasteiger partial charge in [-0.05, 0) is 38.0 Å². The molecule has 0 aliphatic rings. The molecule has 3 heteroatoms. The Kier molecular flexibility index (Phi) is 6.41. The minimum atomic E-state index is 0.0257. The first-order valence-corrected chi connectivity index (χ1v) is 7.41. The van der Waals surface area contributed by atoms with Gasteiger partial charge in [-0.25, -0.2) is 0 Å². The molecule has 0 aliphatic heterocycles. The lowest BCUT2D eigenvalue weighted by atomic mass is 10.1. The minimum Gasteiger partial charge on any atom is -0.350 e. The van der Waals surface area contributed by atoms with Gasteiger partial charge in [0.05, 0.1) is 0 Å². The van der Waals surface area contributed by atoms with E-state index in [-0.39, 0.29) is 11.9 Å². The van der Waals surface area contributed by atoms with Gasteiger partial charge >= 0.3 is 0 Å². The monoisotopic (exact) mass is 311 g/mol. The fourth-order valence-corrected chi connectivity index (χ4v) is 2.27. The SMILES string of the molecule is CCCCCC(C)NC(=O)c1cc(Br)ccc1C. The Morgan fingerprint density at radius 2 is 2.11 bits per heavy atom. The predicted octanol–water partition coefficient (Wildman–Crippen LogP) is 4.46. The lowest BCUT2D eigenvalue weighted by molar-refractivity contribution is 0.0937. The van der Waals surface area contributed by atoms with Crippen LogP contribution in [0, 0.1) is 6.92 Å². The van der Waals surface area contributed by atoms with Gasteiger partial charge in [-0.15, -0.1) is 0 Å². The Labute approximate surface area is 118 Å². The largest absolute Gasteiger partial charge is 0.350 e. The second-order valence-corrected chi connectivity index (χ2v) is 5.75. The molecule has 0 radical (unpaired) electrons. The highest BCUT2D eigenvalue weighted by Gasteiger charge is 2.12. The molecule has 100 valence electrons. The van der Waals surface area contributed by atoms with Gasteiger partial charge in [0.25, 0.3) is 5.91 Å². The molecule has 1 N–H and O–H groups in total. The minimum absolute atomic E-state index is 0.0257. The van der Waals surface area contributed by atoms with E-state index >= 15 is 0 Å². The Morgan fingerprint density at radius 1 is 1.39 bits per heavy atom. The van der Waals surface area contributed by atoms with Crippen molar-refractivity contribution < 1.29 is 4.79 Å². The Hall–Kier alpha value is -0.830. The maximum absolute atomic E-state index is 12.1. The standard InChI is InChI=1S/C15H22BrNO/c1-4-5-6-7-12(3)17-15(18)14-10-13(16)9-8-11(14)2/h8-10,12H,4-7H2,1-3H3,(H,17,18). The van der Waals surface area contributed by atoms with Crippen molar-refractivity contribution in [3.8, 4) is 0 Å². The normalized spacial score (nSPS) is 12.2. The van der Waals surface area contributed by atoms with Gasteiger partial charge in [0, 0.05) is 16.1 Å². The summed E-state index contributed by atoms with van der Waals surface area (Å²) in [6.07, 6.45) is 4.67. The number of unbranched alkanes of at least 4 members (excludes halogenated alkanes) is 2. The van der Waals surface area contributed by atoms with Crippen LogP contribution < -0.4 is 5.32 Å². The molecule has 0 bridgehead atoms. The van der Waals surface area contributed by atoms with Crippen LogP contribution in [0.4, 0.5) is 0 Å². The van der Waals surface area contributed by atoms with Crippen LogP contribution in [0.5, 0.6) is 0 Å². The summed E-state index contributed by atoms with van der Waals surface area (Å²) >= 11 is 3.40. The van der Waals surface area contributed by atoms with E-state index in [9.17, 15) is 4.79 Å². The molecular weight excluding hydrogens is 290 g/mol. The fourth-order valence-electron chi connectivity index (χ4n) is 1.91. The number of rotatable bonds is 6. The van der Waals surface area contributed by atoms with Gasteiger partial charge in [0.1, 0.15) is 0 Å². The summed E-state index contributed by atoms with van der Waals surface area (Å²) in [5.74, 6) is 0.0257. The zero-order valence-electron chi connectivity index (χ0n) is 11.4. The topological polar surface area (TPSA) is 29.1 Å². The van der Waals surface area contributed by atoms with Crippen molar-refractivity contribution in [1.29, 1.82) is 0 Å². The highest BCUT2D eigenvalue weighted by molar-refractivity contribution is 9.10. The van der Waals surface area contributed by atoms with E-state index in [1.54, 1.807) is 0 Å². The zero-order valence-corrected chi connectivity index (χ0v) is 13.0. The first-order chi connectivity index (χ1) is 8.54. The van der Waals surface area contributed by atoms with Crippen LogP contribution >= 0.6 is 15.9 Å². The van der Waals surface area contributed by atoms with Crippen LogP contribution in [0.25, 0.3) is 0 Å². The third-order valence-corrected chi connectivity index (χ3v) is 3.56. The average Bonchev–Trinajstić information content (AvgIpc) is 2.32. The molecule has 0 saturated carbocycles. The van der Waals surface area contributed by atoms with Gasteiger partial charge in [-0.2, -0.15) is 0 Å². The number of nitrogens with one attached hydrogen (secondary N) is 1. The molecule has 18 heavy (non-hydrogen) atoms. The number of benzene rings is 1. The number of hydrogen-bond acceptors (Lipinski definition) is 1. The van der Waals surface area contributed by atoms with E-state index in [1.807, 2.05) is 25.1 Å². The maximum Gasteiger partial charge on any atom is 0.251 e. The number of halogens is 1. The molecule has 1 aromatic carbocycles. The molecule has 1 amide bonds. The van der Waals surface area contributed by atoms with Crippen LogP contribution in [0.2, 0.25) is 0 Å². The van der Waals surface area contributed by atoms with Crippen molar-refractivity contribution in [2.24, 2.45) is 0 Å². The van der Waals surface area contributed by atoms with Crippen molar-refractivity contribution in [3.05, 3.63) is 33.8 Å². The summed E-state index contributed by atoms with van der Waals surface area (Å²) in [6, 6.07) is 6.03. The highest BCUT2D eigenvalue weighted by Crippen LogP contribution is 2.16. The molecule has 1 rings (SSSR count). The van der Waals surface area contributed by atoms with Crippen molar-refractivity contribution in [3.63, 3.8) is 0 Å². The van der Waals surface area contributed by atoms with E-state index in [4.69, 9.17) is 0 Å². The van der Waals surface area contributed by atoms with E-state index in [0.29, 0.717) is 0 Å². The van der Waals surface area contributed by atoms with Gasteiger partial charge in [-0.1, -0.05) is 48.2 Å². The van der Waals surface area contributed by atoms with Crippen LogP contribution in [-0.2, 0) is 0 Å². The second kappa shape index (κ2) is 7.57. The molecule has 0 saturated heterocycles. The van der Waals surface area contributed by atoms with Crippen molar-refractivity contribution in [2.75, 3.05) is 0 Å². The van der Waals surface area contributed by atoms with Gasteiger partial charge in [0.15, 0.2) is 0 Å². The van der Waals surface area contributed by atoms with Crippen LogP contribution in [0.15, 0.2) is 22.7 Å². The molecule has 0 spiro atoms. The predicted molar refractivity (Wildman–Crippen MR) is 79.9 cm³/mol. The molecule has 1 aromatic rings. The van der Waals surface area contributed by atoms with Crippen LogP contribution in [0.1, 0.15) is 55.5 Å². The third kappa shape index (κ3) is 4.81. The molecule has 0 heterocycles. The van der Waals surface area contributed by atoms with E-state index in [0.717, 1.165) is 22.0 Å². The smallest absolute Gasteiger partial charge is 0.251 e. The molecule has 1 unspecified atom stereocenters. The van der Waals surface area contributed by atoms with Gasteiger partial charge in [0.2, 0.25) is 0 Å². The number of hydrogen-bond donors (Lipinski definition) is 1. The Bertz CT molecular complexity index is 403. The average molecular weight is 312 g/mol. The van der Waals surface area contributed by atoms with Gasteiger partial charge in [-0.3, -0.25) is 4.79 Å². The summed E-state index contributed by atoms with van der Waals surface area (Å²) < 4.78 is 0.942. The number of aryl methyl sites for hydroxylation is 1. The van der Waals surface area contributed by atoms with Gasteiger partial charge < -0.3 is 5.32 Å². The Morgan fingerprint density at radius 3 is 2.78 bits per heavy atom. The molecule has 0 aromatic heterocycles. The fraction of sp³-hybridized carbons (Fsp3) is 0.533. The summed E-state index contributed by atoms with van der Waals surface area (Å²) in [5.41, 5.74) is 1.77. The summed E-state index contributed by atoms with van der Waals surface area (Å²) in [4.78, 5) is 12.1. The van der Waals surface area contributed by atoms with E-state index in [1.165, 1.54) is 19.3 Å². The summed E-state index contributed by atoms with van der Waals surface area (Å²) in [6.45, 7) is 6.22. The molecular formula is C15H22BrNO. The van der Waals surface area contributed by atoms with Crippen LogP contribution in [-0.4, -0.2) is 11.9 Å². The second-order valence-electron chi connectivity index (χ2n) is 4.83. The van der Waals surface area contributed by atoms with Crippen molar-refractivity contribution in [2.45, 2.75) is 52.5 Å². The highest BCUT2D eigenvalue weighted by atomic mass is 79.9. The Balaban J connectivity index is 2.56. The molecule has 1 atom stereocenters. The number of carbonyl (C=O) groups is 1. The van der Waals surface area contributed by atoms with Crippen molar-refractivity contribution >= 4 is 21.8 Å². The number of amides is 1.